The number of fused-ring (bicyclic) bond motifs is 1. The Bertz CT molecular complexity index is 1680. The molecule has 1 amide bonds. The van der Waals surface area contributed by atoms with Crippen molar-refractivity contribution in [3.8, 4) is 22.6 Å². The van der Waals surface area contributed by atoms with E-state index in [1.54, 1.807) is 27.2 Å². The average molecular weight is 617 g/mol. The van der Waals surface area contributed by atoms with Gasteiger partial charge in [0.15, 0.2) is 0 Å². The number of rotatable bonds is 11. The highest BCUT2D eigenvalue weighted by molar-refractivity contribution is 6.02. The fourth-order valence-electron chi connectivity index (χ4n) is 6.27. The van der Waals surface area contributed by atoms with E-state index in [-0.39, 0.29) is 24.6 Å². The van der Waals surface area contributed by atoms with Gasteiger partial charge in [-0.3, -0.25) is 14.1 Å². The van der Waals surface area contributed by atoms with Crippen LogP contribution < -0.4 is 14.8 Å². The molecule has 7 nitrogen and oxygen atoms in total. The Hall–Kier alpha value is -4.50. The Morgan fingerprint density at radius 3 is 2.33 bits per heavy atom. The molecule has 45 heavy (non-hydrogen) atoms. The minimum absolute atomic E-state index is 0.0154. The fourth-order valence-corrected chi connectivity index (χ4v) is 6.27. The molecule has 5 rings (SSSR count). The highest BCUT2D eigenvalue weighted by Crippen LogP contribution is 2.44. The third-order valence-electron chi connectivity index (χ3n) is 8.70. The van der Waals surface area contributed by atoms with Crippen LogP contribution in [-0.2, 0) is 17.8 Å². The zero-order valence-electron chi connectivity index (χ0n) is 25.7. The smallest absolute Gasteiger partial charge is 0.326 e. The van der Waals surface area contributed by atoms with Crippen molar-refractivity contribution < 1.29 is 33.0 Å². The highest BCUT2D eigenvalue weighted by atomic mass is 19.1. The molecule has 9 heteroatoms. The number of alkyl halides is 1. The molecule has 1 saturated heterocycles. The summed E-state index contributed by atoms with van der Waals surface area (Å²) < 4.78 is 39.5. The summed E-state index contributed by atoms with van der Waals surface area (Å²) in [5.41, 5.74) is 3.56. The van der Waals surface area contributed by atoms with Crippen molar-refractivity contribution in [1.29, 1.82) is 0 Å². The number of aryl methyl sites for hydroxylation is 1. The summed E-state index contributed by atoms with van der Waals surface area (Å²) in [5, 5.41) is 14.2. The van der Waals surface area contributed by atoms with Crippen molar-refractivity contribution in [1.82, 2.24) is 10.2 Å². The Morgan fingerprint density at radius 1 is 0.956 bits per heavy atom. The van der Waals surface area contributed by atoms with Crippen LogP contribution in [0.3, 0.4) is 0 Å². The molecule has 0 spiro atoms. The summed E-state index contributed by atoms with van der Waals surface area (Å²) in [5.74, 6) is -1.29. The lowest BCUT2D eigenvalue weighted by Crippen LogP contribution is -2.42. The van der Waals surface area contributed by atoms with Gasteiger partial charge in [-0.05, 0) is 78.4 Å². The number of carbonyl (C=O) groups is 2. The number of piperidine rings is 1. The number of hydrogen-bond donors (Lipinski definition) is 2. The molecule has 4 aromatic carbocycles. The second-order valence-corrected chi connectivity index (χ2v) is 11.5. The first kappa shape index (κ1) is 31.9. The predicted octanol–water partition coefficient (Wildman–Crippen LogP) is 6.58. The summed E-state index contributed by atoms with van der Waals surface area (Å²) in [6.45, 7) is 3.60. The van der Waals surface area contributed by atoms with Gasteiger partial charge in [-0.25, -0.2) is 9.18 Å². The SMILES string of the molecule is COc1ccc(CN2CCC(CF)CC2)c(OC)c1-c1cccc2c(C[C@H](NC(=O)c3c(C)cccc3F)C(=O)O)cccc12. The Kier molecular flexibility index (Phi) is 9.98. The number of carboxylic acids is 1. The molecule has 0 unspecified atom stereocenters. The monoisotopic (exact) mass is 616 g/mol. The van der Waals surface area contributed by atoms with Crippen LogP contribution >= 0.6 is 0 Å². The molecule has 0 saturated carbocycles. The molecule has 4 aromatic rings. The number of nitrogens with zero attached hydrogens (tertiary/aromatic N) is 1. The number of hydrogen-bond acceptors (Lipinski definition) is 5. The number of carbonyl (C=O) groups excluding carboxylic acids is 1. The van der Waals surface area contributed by atoms with E-state index in [0.717, 1.165) is 53.4 Å². The summed E-state index contributed by atoms with van der Waals surface area (Å²) in [6.07, 6.45) is 1.63. The third kappa shape index (κ3) is 6.78. The van der Waals surface area contributed by atoms with Gasteiger partial charge in [-0.2, -0.15) is 0 Å². The zero-order chi connectivity index (χ0) is 32.1. The summed E-state index contributed by atoms with van der Waals surface area (Å²) >= 11 is 0. The Labute approximate surface area is 261 Å². The van der Waals surface area contributed by atoms with Crippen molar-refractivity contribution in [3.05, 3.63) is 94.8 Å². The molecule has 1 aliphatic rings. The van der Waals surface area contributed by atoms with Crippen LogP contribution in [0.1, 0.15) is 39.9 Å². The van der Waals surface area contributed by atoms with Crippen LogP contribution in [0.4, 0.5) is 8.78 Å². The summed E-state index contributed by atoms with van der Waals surface area (Å²) in [4.78, 5) is 27.6. The van der Waals surface area contributed by atoms with E-state index >= 15 is 0 Å². The van der Waals surface area contributed by atoms with Crippen molar-refractivity contribution in [2.45, 2.75) is 38.8 Å². The van der Waals surface area contributed by atoms with E-state index in [0.29, 0.717) is 29.2 Å². The molecule has 1 aliphatic heterocycles. The Balaban J connectivity index is 1.50. The van der Waals surface area contributed by atoms with Crippen LogP contribution in [0, 0.1) is 18.7 Å². The van der Waals surface area contributed by atoms with Crippen molar-refractivity contribution >= 4 is 22.6 Å². The fraction of sp³-hybridized carbons (Fsp3) is 0.333. The third-order valence-corrected chi connectivity index (χ3v) is 8.70. The van der Waals surface area contributed by atoms with E-state index < -0.39 is 23.7 Å². The minimum Gasteiger partial charge on any atom is -0.496 e. The van der Waals surface area contributed by atoms with Crippen LogP contribution in [0.5, 0.6) is 11.5 Å². The number of nitrogens with one attached hydrogen (secondary N) is 1. The number of amides is 1. The number of benzene rings is 4. The molecular formula is C36H38F2N2O5. The number of aliphatic carboxylic acids is 1. The first-order valence-corrected chi connectivity index (χ1v) is 15.1. The normalized spacial score (nSPS) is 14.7. The van der Waals surface area contributed by atoms with E-state index in [2.05, 4.69) is 10.2 Å². The maximum absolute atomic E-state index is 14.5. The predicted molar refractivity (Wildman–Crippen MR) is 170 cm³/mol. The van der Waals surface area contributed by atoms with Crippen molar-refractivity contribution in [2.24, 2.45) is 5.92 Å². The topological polar surface area (TPSA) is 88.1 Å². The van der Waals surface area contributed by atoms with Crippen LogP contribution in [-0.4, -0.2) is 61.9 Å². The standard InChI is InChI=1S/C36H38F2N2O5/c1-22-7-4-12-29(38)32(22)35(41)39-30(36(42)43)19-24-8-5-10-27-26(24)9-6-11-28(27)33-31(44-2)14-13-25(34(33)45-3)21-40-17-15-23(20-37)16-18-40/h4-14,23,30H,15-21H2,1-3H3,(H,39,41)(H,42,43)/t30-/m0/s1. The molecule has 0 aromatic heterocycles. The lowest BCUT2D eigenvalue weighted by atomic mass is 9.91. The lowest BCUT2D eigenvalue weighted by Gasteiger charge is -2.31. The van der Waals surface area contributed by atoms with Crippen molar-refractivity contribution in [3.63, 3.8) is 0 Å². The van der Waals surface area contributed by atoms with E-state index in [1.165, 1.54) is 12.1 Å². The van der Waals surface area contributed by atoms with E-state index in [1.807, 2.05) is 48.5 Å². The minimum atomic E-state index is -1.29. The number of carboxylic acid groups (broad SMARTS) is 1. The molecular weight excluding hydrogens is 578 g/mol. The average Bonchev–Trinajstić information content (AvgIpc) is 3.04. The number of likely N-dealkylation sites (tertiary alicyclic amines) is 1. The second kappa shape index (κ2) is 14.1. The van der Waals surface area contributed by atoms with Crippen LogP contribution in [0.25, 0.3) is 21.9 Å². The van der Waals surface area contributed by atoms with Gasteiger partial charge < -0.3 is 19.9 Å². The molecule has 1 fully saturated rings. The quantitative estimate of drug-likeness (QED) is 0.198. The maximum atomic E-state index is 14.5. The van der Waals surface area contributed by atoms with Gasteiger partial charge in [0, 0.05) is 18.5 Å². The highest BCUT2D eigenvalue weighted by Gasteiger charge is 2.26. The van der Waals surface area contributed by atoms with Crippen LogP contribution in [0.2, 0.25) is 0 Å². The second-order valence-electron chi connectivity index (χ2n) is 11.5. The first-order chi connectivity index (χ1) is 21.7. The lowest BCUT2D eigenvalue weighted by molar-refractivity contribution is -0.139. The number of ether oxygens (including phenoxy) is 2. The van der Waals surface area contributed by atoms with Gasteiger partial charge in [0.05, 0.1) is 32.0 Å². The van der Waals surface area contributed by atoms with Gasteiger partial charge in [0.1, 0.15) is 23.4 Å². The first-order valence-electron chi connectivity index (χ1n) is 15.1. The molecule has 0 aliphatic carbocycles. The van der Waals surface area contributed by atoms with Crippen molar-refractivity contribution in [2.75, 3.05) is 34.0 Å². The zero-order valence-corrected chi connectivity index (χ0v) is 25.7. The Morgan fingerprint density at radius 2 is 1.67 bits per heavy atom. The maximum Gasteiger partial charge on any atom is 0.326 e. The molecule has 0 bridgehead atoms. The van der Waals surface area contributed by atoms with Gasteiger partial charge >= 0.3 is 5.97 Å². The molecule has 236 valence electrons. The van der Waals surface area contributed by atoms with E-state index in [4.69, 9.17) is 9.47 Å². The molecule has 0 radical (unpaired) electrons. The molecule has 2 N–H and O–H groups in total. The number of halogens is 2. The van der Waals surface area contributed by atoms with Gasteiger partial charge in [-0.15, -0.1) is 0 Å². The molecule has 1 atom stereocenters. The number of methoxy groups -OCH3 is 2. The largest absolute Gasteiger partial charge is 0.496 e. The van der Waals surface area contributed by atoms with Gasteiger partial charge in [0.25, 0.3) is 5.91 Å². The summed E-state index contributed by atoms with van der Waals surface area (Å²) in [6, 6.07) is 18.3. The van der Waals surface area contributed by atoms with Gasteiger partial charge in [0.2, 0.25) is 0 Å². The molecule has 1 heterocycles. The summed E-state index contributed by atoms with van der Waals surface area (Å²) in [7, 11) is 3.23. The van der Waals surface area contributed by atoms with Crippen LogP contribution in [0.15, 0.2) is 66.7 Å². The van der Waals surface area contributed by atoms with Gasteiger partial charge in [-0.1, -0.05) is 54.6 Å². The van der Waals surface area contributed by atoms with E-state index in [9.17, 15) is 23.5 Å².